The Bertz CT molecular complexity index is 482. The van der Waals surface area contributed by atoms with Gasteiger partial charge in [-0.25, -0.2) is 4.98 Å². The molecule has 0 aliphatic carbocycles. The lowest BCUT2D eigenvalue weighted by molar-refractivity contribution is 0.425. The number of benzene rings is 1. The second-order valence-electron chi connectivity index (χ2n) is 3.67. The van der Waals surface area contributed by atoms with Crippen LogP contribution in [0.5, 0.6) is 0 Å². The lowest BCUT2D eigenvalue weighted by Gasteiger charge is -2.10. The molecular formula is C11H13BN2O2. The summed E-state index contributed by atoms with van der Waals surface area (Å²) < 4.78 is 1.96. The van der Waals surface area contributed by atoms with Gasteiger partial charge in [-0.3, -0.25) is 0 Å². The highest BCUT2D eigenvalue weighted by atomic mass is 16.4. The normalized spacial score (nSPS) is 10.4. The van der Waals surface area contributed by atoms with Gasteiger partial charge in [0.25, 0.3) is 0 Å². The Kier molecular flexibility index (Phi) is 3.08. The molecule has 0 saturated carbocycles. The number of rotatable bonds is 3. The molecule has 0 fully saturated rings. The monoisotopic (exact) mass is 216 g/mol. The number of aryl methyl sites for hydroxylation is 1. The Labute approximate surface area is 94.3 Å². The highest BCUT2D eigenvalue weighted by Gasteiger charge is 2.15. The van der Waals surface area contributed by atoms with Crippen molar-refractivity contribution < 1.29 is 10.0 Å². The van der Waals surface area contributed by atoms with Gasteiger partial charge >= 0.3 is 7.12 Å². The van der Waals surface area contributed by atoms with Crippen LogP contribution < -0.4 is 5.46 Å². The van der Waals surface area contributed by atoms with Crippen LogP contribution in [0.4, 0.5) is 0 Å². The van der Waals surface area contributed by atoms with E-state index in [0.29, 0.717) is 12.0 Å². The standard InChI is InChI=1S/C11H13BN2O2/c1-9-13-6-7-14(9)8-10-4-2-3-5-11(10)12(15)16/h2-7,15-16H,8H2,1H3. The molecule has 4 nitrogen and oxygen atoms in total. The molecule has 2 N–H and O–H groups in total. The summed E-state index contributed by atoms with van der Waals surface area (Å²) in [6.45, 7) is 2.51. The summed E-state index contributed by atoms with van der Waals surface area (Å²) in [6.07, 6.45) is 3.60. The van der Waals surface area contributed by atoms with E-state index in [1.54, 1.807) is 18.3 Å². The Hall–Kier alpha value is -1.59. The van der Waals surface area contributed by atoms with Crippen molar-refractivity contribution in [2.24, 2.45) is 0 Å². The van der Waals surface area contributed by atoms with Crippen molar-refractivity contribution >= 4 is 12.6 Å². The minimum atomic E-state index is -1.43. The first kappa shape index (κ1) is 10.9. The molecule has 5 heteroatoms. The maximum Gasteiger partial charge on any atom is 0.488 e. The molecule has 0 radical (unpaired) electrons. The fourth-order valence-corrected chi connectivity index (χ4v) is 1.68. The van der Waals surface area contributed by atoms with E-state index in [2.05, 4.69) is 4.98 Å². The molecule has 1 heterocycles. The fraction of sp³-hybridized carbons (Fsp3) is 0.182. The molecule has 0 aliphatic rings. The first-order valence-corrected chi connectivity index (χ1v) is 5.10. The molecule has 0 bridgehead atoms. The van der Waals surface area contributed by atoms with Crippen LogP contribution in [0.1, 0.15) is 11.4 Å². The number of aromatic nitrogens is 2. The van der Waals surface area contributed by atoms with Gasteiger partial charge in [-0.15, -0.1) is 0 Å². The number of imidazole rings is 1. The fourth-order valence-electron chi connectivity index (χ4n) is 1.68. The molecule has 2 rings (SSSR count). The smallest absolute Gasteiger partial charge is 0.423 e. The molecule has 1 aromatic heterocycles. The molecule has 16 heavy (non-hydrogen) atoms. The third-order valence-corrected chi connectivity index (χ3v) is 2.60. The summed E-state index contributed by atoms with van der Waals surface area (Å²) in [6, 6.07) is 7.27. The van der Waals surface area contributed by atoms with Gasteiger partial charge in [0.1, 0.15) is 5.82 Å². The van der Waals surface area contributed by atoms with Crippen molar-refractivity contribution in [3.05, 3.63) is 48.0 Å². The first-order chi connectivity index (χ1) is 7.68. The van der Waals surface area contributed by atoms with E-state index in [-0.39, 0.29) is 0 Å². The minimum Gasteiger partial charge on any atom is -0.423 e. The highest BCUT2D eigenvalue weighted by molar-refractivity contribution is 6.59. The van der Waals surface area contributed by atoms with Crippen molar-refractivity contribution in [2.75, 3.05) is 0 Å². The largest absolute Gasteiger partial charge is 0.488 e. The molecule has 0 spiro atoms. The SMILES string of the molecule is Cc1nccn1Cc1ccccc1B(O)O. The van der Waals surface area contributed by atoms with Gasteiger partial charge in [-0.1, -0.05) is 24.3 Å². The average Bonchev–Trinajstić information content (AvgIpc) is 2.65. The van der Waals surface area contributed by atoms with Crippen LogP contribution in [-0.4, -0.2) is 26.7 Å². The zero-order valence-electron chi connectivity index (χ0n) is 9.04. The van der Waals surface area contributed by atoms with Gasteiger partial charge in [-0.2, -0.15) is 0 Å². The van der Waals surface area contributed by atoms with E-state index in [0.717, 1.165) is 11.4 Å². The molecule has 0 unspecified atom stereocenters. The Morgan fingerprint density at radius 3 is 2.69 bits per heavy atom. The van der Waals surface area contributed by atoms with Gasteiger partial charge in [0.2, 0.25) is 0 Å². The summed E-state index contributed by atoms with van der Waals surface area (Å²) in [4.78, 5) is 4.13. The van der Waals surface area contributed by atoms with E-state index in [1.807, 2.05) is 29.8 Å². The van der Waals surface area contributed by atoms with Crippen LogP contribution in [0, 0.1) is 6.92 Å². The third kappa shape index (κ3) is 2.15. The van der Waals surface area contributed by atoms with Crippen LogP contribution >= 0.6 is 0 Å². The summed E-state index contributed by atoms with van der Waals surface area (Å²) in [5.74, 6) is 0.905. The van der Waals surface area contributed by atoms with Crippen molar-refractivity contribution in [2.45, 2.75) is 13.5 Å². The van der Waals surface area contributed by atoms with Crippen LogP contribution in [0.3, 0.4) is 0 Å². The van der Waals surface area contributed by atoms with Crippen LogP contribution in [-0.2, 0) is 6.54 Å². The van der Waals surface area contributed by atoms with Crippen molar-refractivity contribution in [3.8, 4) is 0 Å². The first-order valence-electron chi connectivity index (χ1n) is 5.10. The van der Waals surface area contributed by atoms with Gasteiger partial charge in [0, 0.05) is 18.9 Å². The highest BCUT2D eigenvalue weighted by Crippen LogP contribution is 2.03. The third-order valence-electron chi connectivity index (χ3n) is 2.60. The maximum atomic E-state index is 9.23. The Morgan fingerprint density at radius 2 is 2.06 bits per heavy atom. The lowest BCUT2D eigenvalue weighted by atomic mass is 9.77. The maximum absolute atomic E-state index is 9.23. The molecule has 82 valence electrons. The second-order valence-corrected chi connectivity index (χ2v) is 3.67. The average molecular weight is 216 g/mol. The van der Waals surface area contributed by atoms with Gasteiger partial charge in [-0.05, 0) is 17.9 Å². The molecule has 0 amide bonds. The Balaban J connectivity index is 2.31. The topological polar surface area (TPSA) is 58.3 Å². The van der Waals surface area contributed by atoms with E-state index >= 15 is 0 Å². The van der Waals surface area contributed by atoms with E-state index in [9.17, 15) is 10.0 Å². The van der Waals surface area contributed by atoms with Crippen molar-refractivity contribution in [1.82, 2.24) is 9.55 Å². The Morgan fingerprint density at radius 1 is 1.31 bits per heavy atom. The number of hydrogen-bond donors (Lipinski definition) is 2. The zero-order valence-corrected chi connectivity index (χ0v) is 9.04. The summed E-state index contributed by atoms with van der Waals surface area (Å²) >= 11 is 0. The van der Waals surface area contributed by atoms with Crippen molar-refractivity contribution in [3.63, 3.8) is 0 Å². The quantitative estimate of drug-likeness (QED) is 0.705. The second kappa shape index (κ2) is 4.51. The van der Waals surface area contributed by atoms with Crippen LogP contribution in [0.2, 0.25) is 0 Å². The predicted octanol–water partition coefficient (Wildman–Crippen LogP) is -0.0804. The number of nitrogens with zero attached hydrogens (tertiary/aromatic N) is 2. The van der Waals surface area contributed by atoms with E-state index in [4.69, 9.17) is 0 Å². The van der Waals surface area contributed by atoms with Gasteiger partial charge in [0.05, 0.1) is 0 Å². The van der Waals surface area contributed by atoms with Crippen LogP contribution in [0.25, 0.3) is 0 Å². The van der Waals surface area contributed by atoms with E-state index in [1.165, 1.54) is 0 Å². The lowest BCUT2D eigenvalue weighted by Crippen LogP contribution is -2.33. The molecule has 2 aromatic rings. The minimum absolute atomic E-state index is 0.538. The zero-order chi connectivity index (χ0) is 11.5. The number of hydrogen-bond acceptors (Lipinski definition) is 3. The van der Waals surface area contributed by atoms with Gasteiger partial charge in [0.15, 0.2) is 0 Å². The molecule has 0 aliphatic heterocycles. The van der Waals surface area contributed by atoms with E-state index < -0.39 is 7.12 Å². The van der Waals surface area contributed by atoms with Gasteiger partial charge < -0.3 is 14.6 Å². The molecule has 1 aromatic carbocycles. The van der Waals surface area contributed by atoms with Crippen molar-refractivity contribution in [1.29, 1.82) is 0 Å². The molecule has 0 saturated heterocycles. The molecular weight excluding hydrogens is 203 g/mol. The summed E-state index contributed by atoms with van der Waals surface area (Å²) in [5.41, 5.74) is 1.43. The summed E-state index contributed by atoms with van der Waals surface area (Å²) in [7, 11) is -1.43. The predicted molar refractivity (Wildman–Crippen MR) is 62.3 cm³/mol. The summed E-state index contributed by atoms with van der Waals surface area (Å²) in [5, 5.41) is 18.5. The van der Waals surface area contributed by atoms with Crippen LogP contribution in [0.15, 0.2) is 36.7 Å². The molecule has 0 atom stereocenters.